The molecule has 0 atom stereocenters. The molecule has 0 aliphatic carbocycles. The zero-order chi connectivity index (χ0) is 19.3. The van der Waals surface area contributed by atoms with Crippen molar-refractivity contribution >= 4 is 17.6 Å². The van der Waals surface area contributed by atoms with Gasteiger partial charge in [0.1, 0.15) is 11.4 Å². The molecule has 0 amide bonds. The van der Waals surface area contributed by atoms with Gasteiger partial charge >= 0.3 is 11.7 Å². The molecule has 0 aliphatic heterocycles. The van der Waals surface area contributed by atoms with Gasteiger partial charge in [-0.25, -0.2) is 4.79 Å². The Kier molecular flexibility index (Phi) is 7.10. The Labute approximate surface area is 145 Å². The minimum absolute atomic E-state index is 0.0871. The molecular formula is C16H26N4O5. The predicted octanol–water partition coefficient (Wildman–Crippen LogP) is -0.235. The van der Waals surface area contributed by atoms with E-state index in [0.29, 0.717) is 13.0 Å². The Morgan fingerprint density at radius 2 is 1.84 bits per heavy atom. The largest absolute Gasteiger partial charge is 0.480 e. The van der Waals surface area contributed by atoms with Crippen LogP contribution in [0.5, 0.6) is 0 Å². The van der Waals surface area contributed by atoms with Crippen molar-refractivity contribution in [1.82, 2.24) is 14.0 Å². The number of hydrogen-bond acceptors (Lipinski definition) is 6. The van der Waals surface area contributed by atoms with Crippen molar-refractivity contribution in [2.75, 3.05) is 25.4 Å². The van der Waals surface area contributed by atoms with Crippen molar-refractivity contribution in [2.24, 2.45) is 13.0 Å². The number of nitrogen functional groups attached to an aromatic ring is 1. The van der Waals surface area contributed by atoms with Gasteiger partial charge in [-0.3, -0.25) is 28.4 Å². The van der Waals surface area contributed by atoms with Crippen LogP contribution in [-0.2, 0) is 18.4 Å². The van der Waals surface area contributed by atoms with Crippen LogP contribution in [0.25, 0.3) is 0 Å². The van der Waals surface area contributed by atoms with Crippen LogP contribution in [0, 0.1) is 5.92 Å². The molecule has 25 heavy (non-hydrogen) atoms. The van der Waals surface area contributed by atoms with Crippen molar-refractivity contribution in [3.63, 3.8) is 0 Å². The third-order valence-corrected chi connectivity index (χ3v) is 3.68. The van der Waals surface area contributed by atoms with E-state index in [4.69, 9.17) is 10.8 Å². The number of carboxylic acids is 1. The molecule has 1 aromatic rings. The minimum atomic E-state index is -1.06. The second kappa shape index (κ2) is 8.61. The van der Waals surface area contributed by atoms with E-state index in [1.807, 2.05) is 20.8 Å². The van der Waals surface area contributed by atoms with Crippen molar-refractivity contribution in [2.45, 2.75) is 33.7 Å². The molecule has 0 fully saturated rings. The molecule has 9 nitrogen and oxygen atoms in total. The van der Waals surface area contributed by atoms with Gasteiger partial charge in [0, 0.05) is 13.6 Å². The lowest BCUT2D eigenvalue weighted by Gasteiger charge is -2.20. The maximum absolute atomic E-state index is 12.6. The van der Waals surface area contributed by atoms with E-state index in [-0.39, 0.29) is 36.9 Å². The van der Waals surface area contributed by atoms with E-state index in [1.54, 1.807) is 0 Å². The number of ketones is 1. The van der Waals surface area contributed by atoms with Crippen LogP contribution in [0.1, 0.15) is 37.6 Å². The Morgan fingerprint density at radius 1 is 1.24 bits per heavy atom. The van der Waals surface area contributed by atoms with Crippen molar-refractivity contribution in [3.05, 3.63) is 26.4 Å². The maximum Gasteiger partial charge on any atom is 0.332 e. The summed E-state index contributed by atoms with van der Waals surface area (Å²) in [4.78, 5) is 49.6. The van der Waals surface area contributed by atoms with Crippen LogP contribution in [0.2, 0.25) is 0 Å². The van der Waals surface area contributed by atoms with Crippen LogP contribution < -0.4 is 17.0 Å². The summed E-state index contributed by atoms with van der Waals surface area (Å²) >= 11 is 0. The smallest absolute Gasteiger partial charge is 0.332 e. The van der Waals surface area contributed by atoms with E-state index in [9.17, 15) is 19.2 Å². The fraction of sp³-hybridized carbons (Fsp3) is 0.625. The Bertz CT molecular complexity index is 763. The lowest BCUT2D eigenvalue weighted by Crippen LogP contribution is -2.45. The summed E-state index contributed by atoms with van der Waals surface area (Å²) in [5.74, 6) is -1.74. The van der Waals surface area contributed by atoms with Crippen molar-refractivity contribution in [3.8, 4) is 0 Å². The molecule has 9 heteroatoms. The van der Waals surface area contributed by atoms with Crippen LogP contribution in [0.3, 0.4) is 0 Å². The summed E-state index contributed by atoms with van der Waals surface area (Å²) in [5, 5.41) is 8.94. The molecule has 0 bridgehead atoms. The van der Waals surface area contributed by atoms with Crippen LogP contribution in [0.15, 0.2) is 9.59 Å². The highest BCUT2D eigenvalue weighted by molar-refractivity contribution is 6.01. The van der Waals surface area contributed by atoms with Gasteiger partial charge in [-0.1, -0.05) is 20.8 Å². The van der Waals surface area contributed by atoms with E-state index in [2.05, 4.69) is 0 Å². The van der Waals surface area contributed by atoms with Gasteiger partial charge in [0.05, 0.1) is 13.1 Å². The number of nitrogens with two attached hydrogens (primary N) is 1. The molecule has 0 unspecified atom stereocenters. The van der Waals surface area contributed by atoms with Gasteiger partial charge in [-0.2, -0.15) is 0 Å². The van der Waals surface area contributed by atoms with Gasteiger partial charge in [0.2, 0.25) is 0 Å². The van der Waals surface area contributed by atoms with Crippen LogP contribution >= 0.6 is 0 Å². The van der Waals surface area contributed by atoms with E-state index < -0.39 is 23.0 Å². The Morgan fingerprint density at radius 3 is 2.32 bits per heavy atom. The lowest BCUT2D eigenvalue weighted by molar-refractivity contribution is -0.138. The van der Waals surface area contributed by atoms with Crippen LogP contribution in [0.4, 0.5) is 5.82 Å². The lowest BCUT2D eigenvalue weighted by atomic mass is 10.1. The molecule has 1 heterocycles. The molecular weight excluding hydrogens is 328 g/mol. The minimum Gasteiger partial charge on any atom is -0.480 e. The standard InChI is InChI=1S/C16H26N4O5/c1-5-6-19(9-12(22)23)8-11(21)13-14(17)20(7-10(2)3)16(25)18(4)15(13)24/h10H,5-9,17H2,1-4H3,(H,22,23). The molecule has 140 valence electrons. The number of rotatable bonds is 9. The number of carbonyl (C=O) groups is 2. The van der Waals surface area contributed by atoms with E-state index in [1.165, 1.54) is 16.5 Å². The van der Waals surface area contributed by atoms with Gasteiger partial charge in [-0.05, 0) is 18.9 Å². The number of carbonyl (C=O) groups excluding carboxylic acids is 1. The first-order valence-corrected chi connectivity index (χ1v) is 8.16. The fourth-order valence-corrected chi connectivity index (χ4v) is 2.59. The second-order valence-corrected chi connectivity index (χ2v) is 6.44. The first-order chi connectivity index (χ1) is 11.6. The number of Topliss-reactive ketones (excluding diaryl/α,β-unsaturated/α-hetero) is 1. The third kappa shape index (κ3) is 5.02. The molecule has 0 radical (unpaired) electrons. The fourth-order valence-electron chi connectivity index (χ4n) is 2.59. The first-order valence-electron chi connectivity index (χ1n) is 8.16. The monoisotopic (exact) mass is 354 g/mol. The average Bonchev–Trinajstić information content (AvgIpc) is 2.49. The molecule has 1 rings (SSSR count). The Balaban J connectivity index is 3.33. The molecule has 0 saturated heterocycles. The summed E-state index contributed by atoms with van der Waals surface area (Å²) < 4.78 is 2.06. The molecule has 0 spiro atoms. The number of aliphatic carboxylic acids is 1. The van der Waals surface area contributed by atoms with Crippen molar-refractivity contribution in [1.29, 1.82) is 0 Å². The predicted molar refractivity (Wildman–Crippen MR) is 93.9 cm³/mol. The van der Waals surface area contributed by atoms with Crippen LogP contribution in [-0.4, -0.2) is 50.5 Å². The molecule has 3 N–H and O–H groups in total. The SMILES string of the molecule is CCCN(CC(=O)O)CC(=O)c1c(N)n(CC(C)C)c(=O)n(C)c1=O. The summed E-state index contributed by atoms with van der Waals surface area (Å²) in [6, 6.07) is 0. The van der Waals surface area contributed by atoms with Gasteiger partial charge < -0.3 is 10.8 Å². The second-order valence-electron chi connectivity index (χ2n) is 6.44. The van der Waals surface area contributed by atoms with Gasteiger partial charge in [0.15, 0.2) is 5.78 Å². The first kappa shape index (κ1) is 20.6. The molecule has 0 aliphatic rings. The summed E-state index contributed by atoms with van der Waals surface area (Å²) in [7, 11) is 1.29. The van der Waals surface area contributed by atoms with Crippen molar-refractivity contribution < 1.29 is 14.7 Å². The number of hydrogen-bond donors (Lipinski definition) is 2. The number of anilines is 1. The number of carboxylic acid groups (broad SMARTS) is 1. The third-order valence-electron chi connectivity index (χ3n) is 3.68. The van der Waals surface area contributed by atoms with E-state index in [0.717, 1.165) is 4.57 Å². The normalized spacial score (nSPS) is 11.3. The molecule has 0 saturated carbocycles. The zero-order valence-corrected chi connectivity index (χ0v) is 15.1. The Hall–Kier alpha value is -2.42. The topological polar surface area (TPSA) is 128 Å². The summed E-state index contributed by atoms with van der Waals surface area (Å²) in [6.45, 7) is 5.72. The molecule has 1 aromatic heterocycles. The number of aromatic nitrogens is 2. The summed E-state index contributed by atoms with van der Waals surface area (Å²) in [6.07, 6.45) is 0.654. The zero-order valence-electron chi connectivity index (χ0n) is 15.1. The molecule has 0 aromatic carbocycles. The van der Waals surface area contributed by atoms with E-state index >= 15 is 0 Å². The number of nitrogens with zero attached hydrogens (tertiary/aromatic N) is 3. The van der Waals surface area contributed by atoms with Gasteiger partial charge in [-0.15, -0.1) is 0 Å². The maximum atomic E-state index is 12.6. The highest BCUT2D eigenvalue weighted by atomic mass is 16.4. The van der Waals surface area contributed by atoms with Gasteiger partial charge in [0.25, 0.3) is 5.56 Å². The highest BCUT2D eigenvalue weighted by Crippen LogP contribution is 2.09. The quantitative estimate of drug-likeness (QED) is 0.586. The highest BCUT2D eigenvalue weighted by Gasteiger charge is 2.24. The average molecular weight is 354 g/mol. The summed E-state index contributed by atoms with van der Waals surface area (Å²) in [5.41, 5.74) is 4.33.